The smallest absolute Gasteiger partial charge is 0.253 e. The number of aromatic nitrogens is 2. The van der Waals surface area contributed by atoms with Crippen LogP contribution in [0.15, 0.2) is 40.8 Å². The van der Waals surface area contributed by atoms with Crippen LogP contribution in [0.2, 0.25) is 0 Å². The zero-order valence-corrected chi connectivity index (χ0v) is 27.2. The Kier molecular flexibility index (Phi) is 8.42. The van der Waals surface area contributed by atoms with E-state index in [0.717, 1.165) is 35.1 Å². The molecule has 2 heterocycles. The number of carbonyl (C=O) groups excluding carboxylic acids is 3. The molecule has 11 heteroatoms. The molecule has 1 N–H and O–H groups in total. The fourth-order valence-corrected chi connectivity index (χ4v) is 7.30. The molecular formula is C35H41N7O4. The third-order valence-corrected chi connectivity index (χ3v) is 9.73. The minimum atomic E-state index is -0.915. The molecule has 1 saturated heterocycles. The van der Waals surface area contributed by atoms with Gasteiger partial charge in [0.2, 0.25) is 17.7 Å². The lowest BCUT2D eigenvalue weighted by molar-refractivity contribution is -0.131. The number of rotatable bonds is 9. The van der Waals surface area contributed by atoms with Crippen molar-refractivity contribution >= 4 is 17.7 Å². The largest absolute Gasteiger partial charge is 0.424 e. The molecule has 11 nitrogen and oxygen atoms in total. The van der Waals surface area contributed by atoms with Crippen molar-refractivity contribution in [1.29, 1.82) is 5.26 Å². The van der Waals surface area contributed by atoms with Crippen LogP contribution in [-0.2, 0) is 29.5 Å². The Labute approximate surface area is 269 Å². The summed E-state index contributed by atoms with van der Waals surface area (Å²) in [6.45, 7) is 2.51. The Morgan fingerprint density at radius 1 is 0.978 bits per heavy atom. The summed E-state index contributed by atoms with van der Waals surface area (Å²) in [6, 6.07) is 13.7. The van der Waals surface area contributed by atoms with Gasteiger partial charge in [0.15, 0.2) is 0 Å². The number of nitrogens with one attached hydrogen (secondary N) is 1. The van der Waals surface area contributed by atoms with Crippen LogP contribution in [0, 0.1) is 17.2 Å². The molecule has 0 bridgehead atoms. The van der Waals surface area contributed by atoms with Crippen molar-refractivity contribution < 1.29 is 18.8 Å². The number of likely N-dealkylation sites (tertiary alicyclic amines) is 1. The quantitative estimate of drug-likeness (QED) is 0.360. The van der Waals surface area contributed by atoms with Gasteiger partial charge in [-0.1, -0.05) is 19.1 Å². The van der Waals surface area contributed by atoms with Crippen molar-refractivity contribution in [1.82, 2.24) is 30.2 Å². The number of hydrogen-bond donors (Lipinski definition) is 1. The lowest BCUT2D eigenvalue weighted by Gasteiger charge is -2.34. The first-order valence-corrected chi connectivity index (χ1v) is 16.0. The van der Waals surface area contributed by atoms with Crippen molar-refractivity contribution in [2.75, 3.05) is 41.3 Å². The lowest BCUT2D eigenvalue weighted by atomic mass is 9.69. The molecule has 2 aliphatic carbocycles. The Morgan fingerprint density at radius 3 is 2.11 bits per heavy atom. The van der Waals surface area contributed by atoms with E-state index < -0.39 is 5.41 Å². The molecule has 0 radical (unpaired) electrons. The van der Waals surface area contributed by atoms with Crippen LogP contribution < -0.4 is 5.32 Å². The van der Waals surface area contributed by atoms with Gasteiger partial charge < -0.3 is 24.4 Å². The molecule has 2 fully saturated rings. The highest BCUT2D eigenvalue weighted by molar-refractivity contribution is 5.95. The third-order valence-electron chi connectivity index (χ3n) is 9.73. The highest BCUT2D eigenvalue weighted by Crippen LogP contribution is 2.48. The van der Waals surface area contributed by atoms with Gasteiger partial charge in [0.25, 0.3) is 11.8 Å². The van der Waals surface area contributed by atoms with Crippen molar-refractivity contribution in [3.63, 3.8) is 0 Å². The average Bonchev–Trinajstić information content (AvgIpc) is 3.50. The molecule has 3 aromatic rings. The fourth-order valence-electron chi connectivity index (χ4n) is 7.30. The number of aryl methyl sites for hydroxylation is 3. The predicted molar refractivity (Wildman–Crippen MR) is 170 cm³/mol. The summed E-state index contributed by atoms with van der Waals surface area (Å²) in [5, 5.41) is 21.9. The second kappa shape index (κ2) is 12.3. The number of benzene rings is 2. The van der Waals surface area contributed by atoms with Crippen molar-refractivity contribution in [2.45, 2.75) is 62.9 Å². The first-order chi connectivity index (χ1) is 22.1. The zero-order valence-electron chi connectivity index (χ0n) is 27.2. The van der Waals surface area contributed by atoms with E-state index in [2.05, 4.69) is 21.6 Å². The Bertz CT molecular complexity index is 1650. The van der Waals surface area contributed by atoms with Gasteiger partial charge in [-0.25, -0.2) is 0 Å². The Hall–Kier alpha value is -4.56. The molecule has 1 aliphatic heterocycles. The SMILES string of the molecule is CCc1nnc(C2(CCNCC(=O)N3[C@H](C#N)C[C@@H]4C[C@@H]43)c3ccc(C(=O)N(C)C)cc3CCc3cc(C(=O)N(C)C)ccc32)o1. The third kappa shape index (κ3) is 5.45. The van der Waals surface area contributed by atoms with Gasteiger partial charge in [-0.2, -0.15) is 5.26 Å². The maximum atomic E-state index is 13.3. The highest BCUT2D eigenvalue weighted by atomic mass is 16.4. The molecule has 1 saturated carbocycles. The minimum absolute atomic E-state index is 0.0583. The highest BCUT2D eigenvalue weighted by Gasteiger charge is 2.54. The van der Waals surface area contributed by atoms with Gasteiger partial charge in [-0.3, -0.25) is 14.4 Å². The summed E-state index contributed by atoms with van der Waals surface area (Å²) in [5.74, 6) is 1.17. The van der Waals surface area contributed by atoms with Gasteiger partial charge in [-0.05, 0) is 91.1 Å². The number of amides is 3. The standard InChI is InChI=1S/C35H41N7O4/c1-6-30-38-39-34(46-30)35(13-14-37-20-31(43)42-26(19-36)17-25-18-29(25)42)27-11-9-23(32(44)40(2)3)15-21(27)7-8-22-16-24(10-12-28(22)35)33(45)41(4)5/h9-12,15-16,25-26,29,37H,6-8,13-14,17-18,20H2,1-5H3/t25-,26+,29+/m1/s1. The number of fused-ring (bicyclic) bond motifs is 3. The number of hydrogen-bond acceptors (Lipinski definition) is 8. The Morgan fingerprint density at radius 2 is 1.59 bits per heavy atom. The summed E-state index contributed by atoms with van der Waals surface area (Å²) >= 11 is 0. The molecule has 6 rings (SSSR count). The molecule has 1 aromatic heterocycles. The van der Waals surface area contributed by atoms with Gasteiger partial charge in [0.1, 0.15) is 11.5 Å². The molecule has 2 aromatic carbocycles. The van der Waals surface area contributed by atoms with Crippen molar-refractivity contribution in [3.8, 4) is 6.07 Å². The van der Waals surface area contributed by atoms with Crippen molar-refractivity contribution in [2.24, 2.45) is 5.92 Å². The van der Waals surface area contributed by atoms with E-state index >= 15 is 0 Å². The van der Waals surface area contributed by atoms with Crippen LogP contribution in [0.4, 0.5) is 0 Å². The van der Waals surface area contributed by atoms with Gasteiger partial charge in [-0.15, -0.1) is 10.2 Å². The summed E-state index contributed by atoms with van der Waals surface area (Å²) in [7, 11) is 6.94. The molecule has 0 unspecified atom stereocenters. The molecule has 3 atom stereocenters. The van der Waals surface area contributed by atoms with Crippen LogP contribution in [0.3, 0.4) is 0 Å². The number of carbonyl (C=O) groups is 3. The normalized spacial score (nSPS) is 20.5. The summed E-state index contributed by atoms with van der Waals surface area (Å²) in [6.07, 6.45) is 4.07. The van der Waals surface area contributed by atoms with E-state index in [1.54, 1.807) is 42.9 Å². The summed E-state index contributed by atoms with van der Waals surface area (Å²) in [4.78, 5) is 44.2. The van der Waals surface area contributed by atoms with E-state index in [0.29, 0.717) is 61.1 Å². The van der Waals surface area contributed by atoms with E-state index in [4.69, 9.17) is 4.42 Å². The van der Waals surface area contributed by atoms with Crippen LogP contribution in [0.5, 0.6) is 0 Å². The first kappa shape index (κ1) is 31.4. The van der Waals surface area contributed by atoms with Crippen LogP contribution in [0.25, 0.3) is 0 Å². The summed E-state index contributed by atoms with van der Waals surface area (Å²) < 4.78 is 6.37. The van der Waals surface area contributed by atoms with Crippen molar-refractivity contribution in [3.05, 3.63) is 81.6 Å². The molecule has 3 amide bonds. The first-order valence-electron chi connectivity index (χ1n) is 16.0. The van der Waals surface area contributed by atoms with Crippen LogP contribution in [0.1, 0.15) is 80.9 Å². The Balaban J connectivity index is 1.42. The second-order valence-corrected chi connectivity index (χ2v) is 13.1. The summed E-state index contributed by atoms with van der Waals surface area (Å²) in [5.41, 5.74) is 4.16. The van der Waals surface area contributed by atoms with Gasteiger partial charge in [0, 0.05) is 51.8 Å². The zero-order chi connectivity index (χ0) is 32.7. The monoisotopic (exact) mass is 623 g/mol. The van der Waals surface area contributed by atoms with E-state index in [1.807, 2.05) is 43.3 Å². The predicted octanol–water partition coefficient (Wildman–Crippen LogP) is 2.96. The molecule has 240 valence electrons. The topological polar surface area (TPSA) is 136 Å². The van der Waals surface area contributed by atoms with E-state index in [9.17, 15) is 19.6 Å². The number of piperidine rings is 1. The van der Waals surface area contributed by atoms with Gasteiger partial charge in [0.05, 0.1) is 12.6 Å². The van der Waals surface area contributed by atoms with Crippen LogP contribution >= 0.6 is 0 Å². The lowest BCUT2D eigenvalue weighted by Crippen LogP contribution is -2.44. The average molecular weight is 624 g/mol. The number of nitriles is 1. The second-order valence-electron chi connectivity index (χ2n) is 13.1. The molecule has 46 heavy (non-hydrogen) atoms. The molecule has 3 aliphatic rings. The number of nitrogens with zero attached hydrogens (tertiary/aromatic N) is 6. The maximum absolute atomic E-state index is 13.3. The van der Waals surface area contributed by atoms with Crippen LogP contribution in [-0.4, -0.2) is 96.0 Å². The fraction of sp³-hybridized carbons (Fsp3) is 0.486. The molecular weight excluding hydrogens is 582 g/mol. The minimum Gasteiger partial charge on any atom is -0.424 e. The van der Waals surface area contributed by atoms with E-state index in [-0.39, 0.29) is 36.3 Å². The van der Waals surface area contributed by atoms with E-state index in [1.165, 1.54) is 0 Å². The maximum Gasteiger partial charge on any atom is 0.253 e. The molecule has 0 spiro atoms. The van der Waals surface area contributed by atoms with Gasteiger partial charge >= 0.3 is 0 Å².